The molecule has 0 bridgehead atoms. The molecule has 2 N–H and O–H groups in total. The lowest BCUT2D eigenvalue weighted by Crippen LogP contribution is -2.55. The molecule has 12 heteroatoms. The first-order chi connectivity index (χ1) is 22.0. The van der Waals surface area contributed by atoms with Crippen LogP contribution in [0, 0.1) is 5.92 Å². The fourth-order valence-corrected chi connectivity index (χ4v) is 5.79. The number of hydrogen-bond donors (Lipinski definition) is 2. The van der Waals surface area contributed by atoms with Gasteiger partial charge in [0, 0.05) is 56.6 Å². The van der Waals surface area contributed by atoms with Crippen LogP contribution in [0.15, 0.2) is 60.7 Å². The fraction of sp³-hybridized carbons (Fsp3) is 0.441. The third-order valence-electron chi connectivity index (χ3n) is 8.29. The number of esters is 2. The van der Waals surface area contributed by atoms with E-state index in [-0.39, 0.29) is 62.3 Å². The topological polar surface area (TPSA) is 154 Å². The molecule has 2 aliphatic heterocycles. The van der Waals surface area contributed by atoms with Gasteiger partial charge < -0.3 is 29.5 Å². The number of methoxy groups -OCH3 is 1. The Morgan fingerprint density at radius 1 is 1.13 bits per heavy atom. The first kappa shape index (κ1) is 34.3. The Balaban J connectivity index is 1.57. The van der Waals surface area contributed by atoms with Crippen LogP contribution in [0.1, 0.15) is 57.1 Å². The van der Waals surface area contributed by atoms with Crippen LogP contribution in [0.2, 0.25) is 0 Å². The zero-order valence-corrected chi connectivity index (χ0v) is 26.4. The third-order valence-corrected chi connectivity index (χ3v) is 8.29. The summed E-state index contributed by atoms with van der Waals surface area (Å²) >= 11 is 0. The summed E-state index contributed by atoms with van der Waals surface area (Å²) in [5, 5.41) is 21.6. The minimum Gasteiger partial charge on any atom is -0.469 e. The van der Waals surface area contributed by atoms with Crippen LogP contribution in [0.3, 0.4) is 0 Å². The van der Waals surface area contributed by atoms with Crippen molar-refractivity contribution in [2.75, 3.05) is 36.6 Å². The molecule has 46 heavy (non-hydrogen) atoms. The fourth-order valence-electron chi connectivity index (χ4n) is 5.79. The van der Waals surface area contributed by atoms with E-state index in [1.165, 1.54) is 23.8 Å². The van der Waals surface area contributed by atoms with Crippen molar-refractivity contribution in [1.29, 1.82) is 0 Å². The Bertz CT molecular complexity index is 1480. The second-order valence-electron chi connectivity index (χ2n) is 11.4. The van der Waals surface area contributed by atoms with Gasteiger partial charge in [0.2, 0.25) is 11.8 Å². The van der Waals surface area contributed by atoms with E-state index in [2.05, 4.69) is 0 Å². The first-order valence-electron chi connectivity index (χ1n) is 15.3. The largest absolute Gasteiger partial charge is 0.469 e. The highest BCUT2D eigenvalue weighted by atomic mass is 16.6. The average molecular weight is 636 g/mol. The average Bonchev–Trinajstić information content (AvgIpc) is 3.24. The van der Waals surface area contributed by atoms with Gasteiger partial charge in [0.25, 0.3) is 5.91 Å². The number of aliphatic hydroxyl groups excluding tert-OH is 1. The number of hydrogen-bond acceptors (Lipinski definition) is 9. The summed E-state index contributed by atoms with van der Waals surface area (Å²) in [6.45, 7) is 3.44. The summed E-state index contributed by atoms with van der Waals surface area (Å²) in [4.78, 5) is 67.0. The van der Waals surface area contributed by atoms with Gasteiger partial charge in [-0.05, 0) is 36.6 Å². The molecule has 0 spiro atoms. The van der Waals surface area contributed by atoms with Crippen molar-refractivity contribution in [1.82, 2.24) is 4.90 Å². The highest BCUT2D eigenvalue weighted by Gasteiger charge is 2.53. The number of β-lactam (4-membered cyclic amide) rings is 1. The van der Waals surface area contributed by atoms with Crippen LogP contribution in [-0.2, 0) is 45.6 Å². The minimum atomic E-state index is -2.03. The summed E-state index contributed by atoms with van der Waals surface area (Å²) in [5.74, 6) is -2.76. The Morgan fingerprint density at radius 3 is 2.52 bits per heavy atom. The zero-order valence-electron chi connectivity index (χ0n) is 26.4. The maximum absolute atomic E-state index is 13.9. The SMILES string of the molecule is COC(=O)CCCCN1C(=O)[C@](O)([C@H](C)/C=C/CC(=O)N(CCO)Cc2ccccc2)c2cc(N3C(=O)CC3OC(C)=O)ccc21. The second-order valence-corrected chi connectivity index (χ2v) is 11.4. The van der Waals surface area contributed by atoms with E-state index >= 15 is 0 Å². The van der Waals surface area contributed by atoms with Crippen molar-refractivity contribution < 1.29 is 43.7 Å². The molecule has 0 saturated carbocycles. The van der Waals surface area contributed by atoms with Crippen LogP contribution in [0.4, 0.5) is 11.4 Å². The van der Waals surface area contributed by atoms with E-state index in [0.717, 1.165) is 5.56 Å². The van der Waals surface area contributed by atoms with E-state index in [1.807, 2.05) is 30.3 Å². The number of carbonyl (C=O) groups excluding carboxylic acids is 5. The molecule has 1 unspecified atom stereocenters. The Labute approximate surface area is 268 Å². The molecule has 12 nitrogen and oxygen atoms in total. The lowest BCUT2D eigenvalue weighted by molar-refractivity contribution is -0.154. The normalized spacial score (nSPS) is 19.5. The maximum atomic E-state index is 13.9. The number of amides is 3. The summed E-state index contributed by atoms with van der Waals surface area (Å²) < 4.78 is 9.95. The number of benzene rings is 2. The van der Waals surface area contributed by atoms with Crippen LogP contribution in [0.25, 0.3) is 0 Å². The van der Waals surface area contributed by atoms with Gasteiger partial charge in [-0.15, -0.1) is 0 Å². The summed E-state index contributed by atoms with van der Waals surface area (Å²) in [5.41, 5.74) is -0.0131. The van der Waals surface area contributed by atoms with Crippen molar-refractivity contribution in [2.45, 2.75) is 64.3 Å². The van der Waals surface area contributed by atoms with Gasteiger partial charge in [-0.25, -0.2) is 0 Å². The number of nitrogens with zero attached hydrogens (tertiary/aromatic N) is 3. The number of carbonyl (C=O) groups is 5. The maximum Gasteiger partial charge on any atom is 0.305 e. The van der Waals surface area contributed by atoms with Gasteiger partial charge in [0.1, 0.15) is 0 Å². The Hall–Kier alpha value is -4.55. The standard InChI is InChI=1S/C34H41N3O9/c1-23(10-9-13-29(40)35(18-19-38)22-25-11-5-4-6-12-25)34(44)27-20-26(37-30(41)21-31(37)46-24(2)39)15-16-28(27)36(33(34)43)17-8-7-14-32(42)45-3/h4-6,9-12,15-16,20,23,31,38,44H,7-8,13-14,17-19,21-22H2,1-3H3/b10-9+/t23-,31?,34+/m1/s1. The van der Waals surface area contributed by atoms with Crippen molar-refractivity contribution in [3.63, 3.8) is 0 Å². The van der Waals surface area contributed by atoms with E-state index in [9.17, 15) is 34.2 Å². The van der Waals surface area contributed by atoms with Crippen molar-refractivity contribution in [3.05, 3.63) is 71.8 Å². The predicted molar refractivity (Wildman–Crippen MR) is 168 cm³/mol. The predicted octanol–water partition coefficient (Wildman–Crippen LogP) is 2.79. The van der Waals surface area contributed by atoms with Crippen LogP contribution >= 0.6 is 0 Å². The summed E-state index contributed by atoms with van der Waals surface area (Å²) in [6, 6.07) is 14.3. The van der Waals surface area contributed by atoms with Gasteiger partial charge in [0.05, 0.1) is 25.8 Å². The van der Waals surface area contributed by atoms with Crippen molar-refractivity contribution in [3.8, 4) is 0 Å². The van der Waals surface area contributed by atoms with E-state index < -0.39 is 29.6 Å². The summed E-state index contributed by atoms with van der Waals surface area (Å²) in [6.07, 6.45) is 3.57. The zero-order chi connectivity index (χ0) is 33.4. The molecule has 0 aromatic heterocycles. The van der Waals surface area contributed by atoms with Gasteiger partial charge in [-0.1, -0.05) is 49.4 Å². The molecule has 1 saturated heterocycles. The highest BCUT2D eigenvalue weighted by molar-refractivity contribution is 6.08. The molecule has 246 valence electrons. The van der Waals surface area contributed by atoms with E-state index in [1.54, 1.807) is 42.2 Å². The van der Waals surface area contributed by atoms with Crippen molar-refractivity contribution >= 4 is 41.0 Å². The lowest BCUT2D eigenvalue weighted by Gasteiger charge is -2.39. The molecule has 3 amide bonds. The molecule has 3 atom stereocenters. The van der Waals surface area contributed by atoms with E-state index in [4.69, 9.17) is 9.47 Å². The number of rotatable bonds is 15. The molecule has 0 radical (unpaired) electrons. The molecule has 2 aromatic rings. The van der Waals surface area contributed by atoms with Gasteiger partial charge in [-0.3, -0.25) is 28.9 Å². The molecule has 2 aliphatic rings. The number of fused-ring (bicyclic) bond motifs is 1. The number of anilines is 2. The quantitative estimate of drug-likeness (QED) is 0.130. The van der Waals surface area contributed by atoms with Crippen LogP contribution in [-0.4, -0.2) is 77.8 Å². The molecule has 2 aromatic carbocycles. The Kier molecular flexibility index (Phi) is 11.3. The number of unbranched alkanes of at least 4 members (excludes halogenated alkanes) is 1. The highest BCUT2D eigenvalue weighted by Crippen LogP contribution is 2.47. The van der Waals surface area contributed by atoms with Gasteiger partial charge in [0.15, 0.2) is 11.8 Å². The molecular formula is C34H41N3O9. The number of ether oxygens (including phenoxy) is 2. The molecule has 2 heterocycles. The molecule has 1 fully saturated rings. The first-order valence-corrected chi connectivity index (χ1v) is 15.3. The van der Waals surface area contributed by atoms with Crippen LogP contribution < -0.4 is 9.80 Å². The number of aliphatic hydroxyl groups is 2. The second kappa shape index (κ2) is 15.2. The van der Waals surface area contributed by atoms with Crippen molar-refractivity contribution in [2.24, 2.45) is 5.92 Å². The van der Waals surface area contributed by atoms with Gasteiger partial charge >= 0.3 is 11.9 Å². The third kappa shape index (κ3) is 7.45. The summed E-state index contributed by atoms with van der Waals surface area (Å²) in [7, 11) is 1.31. The molecular weight excluding hydrogens is 594 g/mol. The Morgan fingerprint density at radius 2 is 1.87 bits per heavy atom. The monoisotopic (exact) mass is 635 g/mol. The smallest absolute Gasteiger partial charge is 0.305 e. The van der Waals surface area contributed by atoms with E-state index in [0.29, 0.717) is 30.8 Å². The minimum absolute atomic E-state index is 0.0159. The van der Waals surface area contributed by atoms with Crippen LogP contribution in [0.5, 0.6) is 0 Å². The van der Waals surface area contributed by atoms with Gasteiger partial charge in [-0.2, -0.15) is 0 Å². The molecule has 0 aliphatic carbocycles. The lowest BCUT2D eigenvalue weighted by atomic mass is 9.82. The molecule has 4 rings (SSSR count).